The molecule has 2 aromatic rings. The summed E-state index contributed by atoms with van der Waals surface area (Å²) in [4.78, 5) is 44.2. The van der Waals surface area contributed by atoms with Crippen molar-refractivity contribution < 1.29 is 29.6 Å². The van der Waals surface area contributed by atoms with Crippen LogP contribution in [0.1, 0.15) is 20.7 Å². The van der Waals surface area contributed by atoms with Gasteiger partial charge in [0.1, 0.15) is 0 Å². The maximum absolute atomic E-state index is 10.8. The molecule has 24 heavy (non-hydrogen) atoms. The van der Waals surface area contributed by atoms with Gasteiger partial charge in [0.05, 0.1) is 21.5 Å². The van der Waals surface area contributed by atoms with Gasteiger partial charge in [-0.1, -0.05) is 6.07 Å². The van der Waals surface area contributed by atoms with Crippen LogP contribution in [0.25, 0.3) is 0 Å². The largest absolute Gasteiger partial charge is 0.478 e. The summed E-state index contributed by atoms with van der Waals surface area (Å²) < 4.78 is 0. The second-order valence-corrected chi connectivity index (χ2v) is 4.04. The first-order chi connectivity index (χ1) is 11.3. The number of non-ortho nitro benzene ring substituents is 1. The highest BCUT2D eigenvalue weighted by Crippen LogP contribution is 2.28. The lowest BCUT2D eigenvalue weighted by atomic mass is 10.0. The molecule has 0 radical (unpaired) electrons. The normalized spacial score (nSPS) is 9.33. The number of carbonyl (C=O) groups is 2. The zero-order chi connectivity index (χ0) is 18.3. The summed E-state index contributed by atoms with van der Waals surface area (Å²) in [5, 5.41) is 38.5. The maximum Gasteiger partial charge on any atom is 0.343 e. The van der Waals surface area contributed by atoms with Crippen molar-refractivity contribution in [2.45, 2.75) is 0 Å². The summed E-state index contributed by atoms with van der Waals surface area (Å²) >= 11 is 0. The van der Waals surface area contributed by atoms with Crippen LogP contribution in [0, 0.1) is 20.2 Å². The molecule has 0 atom stereocenters. The molecule has 0 aliphatic rings. The van der Waals surface area contributed by atoms with Crippen LogP contribution >= 0.6 is 0 Å². The fourth-order valence-corrected chi connectivity index (χ4v) is 1.57. The molecule has 0 saturated heterocycles. The van der Waals surface area contributed by atoms with Crippen molar-refractivity contribution in [3.05, 3.63) is 74.1 Å². The van der Waals surface area contributed by atoms with E-state index in [0.29, 0.717) is 12.1 Å². The summed E-state index contributed by atoms with van der Waals surface area (Å²) in [5.74, 6) is -3.66. The number of carboxylic acids is 2. The fraction of sp³-hybridized carbons (Fsp3) is 0. The maximum atomic E-state index is 10.8. The average Bonchev–Trinajstić information content (AvgIpc) is 2.55. The molecule has 0 spiro atoms. The minimum atomic E-state index is -1.85. The number of hydrogen-bond donors (Lipinski definition) is 2. The molecule has 0 unspecified atom stereocenters. The summed E-state index contributed by atoms with van der Waals surface area (Å²) in [6.45, 7) is 0. The van der Waals surface area contributed by atoms with Crippen LogP contribution < -0.4 is 0 Å². The molecule has 1 aromatic heterocycles. The molecule has 0 amide bonds. The average molecular weight is 335 g/mol. The van der Waals surface area contributed by atoms with E-state index in [1.165, 1.54) is 0 Å². The number of carboxylic acid groups (broad SMARTS) is 2. The second-order valence-electron chi connectivity index (χ2n) is 4.04. The number of aromatic nitrogens is 1. The van der Waals surface area contributed by atoms with Crippen LogP contribution in [-0.4, -0.2) is 37.0 Å². The Morgan fingerprint density at radius 2 is 1.50 bits per heavy atom. The Balaban J connectivity index is 0.000000400. The summed E-state index contributed by atoms with van der Waals surface area (Å²) in [7, 11) is 0. The molecule has 1 heterocycles. The second kappa shape index (κ2) is 7.93. The van der Waals surface area contributed by atoms with Gasteiger partial charge in [0.25, 0.3) is 11.4 Å². The van der Waals surface area contributed by atoms with Crippen LogP contribution in [0.4, 0.5) is 11.4 Å². The highest BCUT2D eigenvalue weighted by Gasteiger charge is 2.31. The van der Waals surface area contributed by atoms with E-state index in [2.05, 4.69) is 4.98 Å². The van der Waals surface area contributed by atoms with Gasteiger partial charge in [-0.15, -0.1) is 0 Å². The van der Waals surface area contributed by atoms with Gasteiger partial charge >= 0.3 is 11.9 Å². The minimum absolute atomic E-state index is 0.399. The highest BCUT2D eigenvalue weighted by molar-refractivity contribution is 6.05. The van der Waals surface area contributed by atoms with Crippen LogP contribution in [0.3, 0.4) is 0 Å². The molecule has 11 heteroatoms. The lowest BCUT2D eigenvalue weighted by Gasteiger charge is -2.02. The van der Waals surface area contributed by atoms with Crippen molar-refractivity contribution in [3.8, 4) is 0 Å². The topological polar surface area (TPSA) is 174 Å². The first-order valence-electron chi connectivity index (χ1n) is 6.04. The van der Waals surface area contributed by atoms with Crippen LogP contribution in [-0.2, 0) is 0 Å². The van der Waals surface area contributed by atoms with Crippen molar-refractivity contribution >= 4 is 23.3 Å². The minimum Gasteiger partial charge on any atom is -0.478 e. The van der Waals surface area contributed by atoms with E-state index in [-0.39, 0.29) is 0 Å². The Bertz CT molecular complexity index is 729. The monoisotopic (exact) mass is 335 g/mol. The Labute approximate surface area is 133 Å². The van der Waals surface area contributed by atoms with E-state index < -0.39 is 44.3 Å². The Hall–Kier alpha value is -3.89. The van der Waals surface area contributed by atoms with Gasteiger partial charge in [0.2, 0.25) is 0 Å². The predicted molar refractivity (Wildman–Crippen MR) is 77.9 cm³/mol. The molecule has 124 valence electrons. The molecule has 11 nitrogen and oxygen atoms in total. The Morgan fingerprint density at radius 3 is 1.79 bits per heavy atom. The van der Waals surface area contributed by atoms with E-state index in [4.69, 9.17) is 10.2 Å². The molecule has 0 bridgehead atoms. The van der Waals surface area contributed by atoms with Gasteiger partial charge in [-0.25, -0.2) is 9.59 Å². The van der Waals surface area contributed by atoms with E-state index >= 15 is 0 Å². The molecular formula is C13H9N3O8. The quantitative estimate of drug-likeness (QED) is 0.625. The number of nitro benzene ring substituents is 2. The summed E-state index contributed by atoms with van der Waals surface area (Å²) in [6, 6.07) is 6.57. The van der Waals surface area contributed by atoms with Gasteiger partial charge in [0, 0.05) is 18.5 Å². The number of nitro groups is 2. The molecule has 2 rings (SSSR count). The predicted octanol–water partition coefficient (Wildman–Crippen LogP) is 1.98. The van der Waals surface area contributed by atoms with Gasteiger partial charge in [-0.05, 0) is 12.1 Å². The number of nitrogens with zero attached hydrogens (tertiary/aromatic N) is 3. The third-order valence-corrected chi connectivity index (χ3v) is 2.52. The first-order valence-corrected chi connectivity index (χ1v) is 6.04. The fourth-order valence-electron chi connectivity index (χ4n) is 1.57. The number of hydrogen-bond acceptors (Lipinski definition) is 7. The molecule has 0 saturated carbocycles. The van der Waals surface area contributed by atoms with Gasteiger partial charge in [-0.3, -0.25) is 25.2 Å². The van der Waals surface area contributed by atoms with Crippen molar-refractivity contribution in [2.75, 3.05) is 0 Å². The van der Waals surface area contributed by atoms with E-state index in [1.54, 1.807) is 12.4 Å². The molecule has 0 fully saturated rings. The number of aromatic carboxylic acids is 2. The molecule has 2 N–H and O–H groups in total. The molecular weight excluding hydrogens is 326 g/mol. The third-order valence-electron chi connectivity index (χ3n) is 2.52. The van der Waals surface area contributed by atoms with Crippen LogP contribution in [0.2, 0.25) is 0 Å². The molecule has 0 aliphatic heterocycles. The van der Waals surface area contributed by atoms with Crippen molar-refractivity contribution in [2.24, 2.45) is 0 Å². The van der Waals surface area contributed by atoms with Crippen molar-refractivity contribution in [3.63, 3.8) is 0 Å². The molecule has 0 aliphatic carbocycles. The Morgan fingerprint density at radius 1 is 0.917 bits per heavy atom. The lowest BCUT2D eigenvalue weighted by molar-refractivity contribution is -0.394. The smallest absolute Gasteiger partial charge is 0.343 e. The first kappa shape index (κ1) is 18.2. The number of pyridine rings is 1. The van der Waals surface area contributed by atoms with Crippen molar-refractivity contribution in [1.29, 1.82) is 0 Å². The van der Waals surface area contributed by atoms with Gasteiger partial charge in [0.15, 0.2) is 5.56 Å². The SMILES string of the molecule is O=C(O)c1cc([N+](=O)[O-])cc([N+](=O)[O-])c1C(=O)O.c1ccncc1. The highest BCUT2D eigenvalue weighted by atomic mass is 16.6. The Kier molecular flexibility index (Phi) is 6.00. The van der Waals surface area contributed by atoms with E-state index in [0.717, 1.165) is 0 Å². The van der Waals surface area contributed by atoms with Crippen LogP contribution in [0.15, 0.2) is 42.7 Å². The van der Waals surface area contributed by atoms with E-state index in [9.17, 15) is 29.8 Å². The van der Waals surface area contributed by atoms with Crippen LogP contribution in [0.5, 0.6) is 0 Å². The molecule has 1 aromatic carbocycles. The number of rotatable bonds is 4. The standard InChI is InChI=1S/C8H4N2O8.C5H5N/c11-7(12)4-1-3(9(15)16)2-5(10(17)18)6(4)8(13)14;1-2-4-6-5-3-1/h1-2H,(H,11,12)(H,13,14);1-5H. The van der Waals surface area contributed by atoms with Gasteiger partial charge < -0.3 is 10.2 Å². The number of benzene rings is 1. The zero-order valence-corrected chi connectivity index (χ0v) is 11.7. The summed E-state index contributed by atoms with van der Waals surface area (Å²) in [6.07, 6.45) is 3.50. The zero-order valence-electron chi connectivity index (χ0n) is 11.7. The third kappa shape index (κ3) is 4.56. The lowest BCUT2D eigenvalue weighted by Crippen LogP contribution is -2.12. The van der Waals surface area contributed by atoms with E-state index in [1.807, 2.05) is 18.2 Å². The van der Waals surface area contributed by atoms with Gasteiger partial charge in [-0.2, -0.15) is 0 Å². The summed E-state index contributed by atoms with van der Waals surface area (Å²) in [5.41, 5.74) is -4.13. The van der Waals surface area contributed by atoms with Crippen molar-refractivity contribution in [1.82, 2.24) is 4.98 Å².